The number of aryl methyl sites for hydroxylation is 1. The molecule has 0 spiro atoms. The average molecular weight is 723 g/mol. The van der Waals surface area contributed by atoms with Crippen molar-refractivity contribution >= 4 is 50.7 Å². The number of rotatable bonds is 14. The third-order valence-electron chi connectivity index (χ3n) is 8.65. The summed E-state index contributed by atoms with van der Waals surface area (Å²) >= 11 is 12.8. The zero-order valence-corrected chi connectivity index (χ0v) is 30.0. The van der Waals surface area contributed by atoms with Crippen LogP contribution in [0, 0.1) is 6.92 Å². The Morgan fingerprint density at radius 1 is 0.918 bits per heavy atom. The first-order valence-corrected chi connectivity index (χ1v) is 18.7. The van der Waals surface area contributed by atoms with Crippen molar-refractivity contribution in [3.8, 4) is 5.75 Å². The van der Waals surface area contributed by atoms with Gasteiger partial charge in [0, 0.05) is 29.1 Å². The van der Waals surface area contributed by atoms with Crippen molar-refractivity contribution in [2.75, 3.05) is 17.5 Å². The molecule has 1 saturated carbocycles. The molecule has 0 aliphatic heterocycles. The summed E-state index contributed by atoms with van der Waals surface area (Å²) in [6, 6.07) is 26.6. The van der Waals surface area contributed by atoms with Crippen LogP contribution in [0.3, 0.4) is 0 Å². The van der Waals surface area contributed by atoms with Gasteiger partial charge in [-0.15, -0.1) is 0 Å². The van der Waals surface area contributed by atoms with E-state index in [4.69, 9.17) is 27.9 Å². The van der Waals surface area contributed by atoms with E-state index < -0.39 is 28.5 Å². The van der Waals surface area contributed by atoms with Crippen LogP contribution in [-0.4, -0.2) is 50.4 Å². The molecule has 49 heavy (non-hydrogen) atoms. The van der Waals surface area contributed by atoms with Gasteiger partial charge in [0.2, 0.25) is 11.8 Å². The number of nitrogens with one attached hydrogen (secondary N) is 1. The average Bonchev–Trinajstić information content (AvgIpc) is 3.60. The molecule has 258 valence electrons. The third-order valence-corrected chi connectivity index (χ3v) is 11.0. The number of sulfonamides is 1. The number of benzene rings is 4. The Bertz CT molecular complexity index is 1850. The maximum atomic E-state index is 14.8. The lowest BCUT2D eigenvalue weighted by atomic mass is 10.0. The highest BCUT2D eigenvalue weighted by Crippen LogP contribution is 2.33. The van der Waals surface area contributed by atoms with Crippen LogP contribution in [-0.2, 0) is 32.6 Å². The lowest BCUT2D eigenvalue weighted by Crippen LogP contribution is -2.54. The Morgan fingerprint density at radius 2 is 1.59 bits per heavy atom. The maximum Gasteiger partial charge on any atom is 0.264 e. The van der Waals surface area contributed by atoms with E-state index in [1.54, 1.807) is 61.5 Å². The molecule has 8 nitrogen and oxygen atoms in total. The molecule has 0 saturated heterocycles. The van der Waals surface area contributed by atoms with E-state index in [-0.39, 0.29) is 42.1 Å². The summed E-state index contributed by atoms with van der Waals surface area (Å²) in [5, 5.41) is 3.93. The van der Waals surface area contributed by atoms with Crippen LogP contribution < -0.4 is 14.4 Å². The van der Waals surface area contributed by atoms with Gasteiger partial charge in [0.25, 0.3) is 10.0 Å². The monoisotopic (exact) mass is 721 g/mol. The number of nitrogens with zero attached hydrogens (tertiary/aromatic N) is 2. The number of para-hydroxylation sites is 2. The summed E-state index contributed by atoms with van der Waals surface area (Å²) in [5.41, 5.74) is 2.51. The number of amides is 2. The van der Waals surface area contributed by atoms with Crippen LogP contribution in [0.5, 0.6) is 5.75 Å². The molecule has 1 fully saturated rings. The number of anilines is 1. The number of carbonyl (C=O) groups excluding carboxylic acids is 2. The van der Waals surface area contributed by atoms with Crippen molar-refractivity contribution in [2.45, 2.75) is 69.5 Å². The molecule has 0 aromatic heterocycles. The zero-order chi connectivity index (χ0) is 35.0. The van der Waals surface area contributed by atoms with Crippen molar-refractivity contribution in [3.05, 3.63) is 124 Å². The van der Waals surface area contributed by atoms with E-state index in [2.05, 4.69) is 5.32 Å². The lowest BCUT2D eigenvalue weighted by molar-refractivity contribution is -0.140. The predicted octanol–water partition coefficient (Wildman–Crippen LogP) is 7.59. The van der Waals surface area contributed by atoms with Crippen molar-refractivity contribution in [1.29, 1.82) is 0 Å². The van der Waals surface area contributed by atoms with Crippen molar-refractivity contribution in [2.24, 2.45) is 0 Å². The molecule has 1 unspecified atom stereocenters. The van der Waals surface area contributed by atoms with E-state index in [0.29, 0.717) is 21.4 Å². The molecule has 4 aromatic rings. The van der Waals surface area contributed by atoms with Crippen LogP contribution in [0.4, 0.5) is 5.69 Å². The van der Waals surface area contributed by atoms with E-state index in [0.717, 1.165) is 41.1 Å². The molecular formula is C38H41Cl2N3O5S. The van der Waals surface area contributed by atoms with Crippen LogP contribution in [0.25, 0.3) is 0 Å². The molecule has 2 amide bonds. The van der Waals surface area contributed by atoms with Gasteiger partial charge in [0.05, 0.1) is 17.2 Å². The summed E-state index contributed by atoms with van der Waals surface area (Å²) in [4.78, 5) is 30.5. The van der Waals surface area contributed by atoms with Crippen LogP contribution in [0.2, 0.25) is 10.0 Å². The Labute approximate surface area is 299 Å². The van der Waals surface area contributed by atoms with Gasteiger partial charge in [-0.2, -0.15) is 0 Å². The SMILES string of the molecule is CCOc1ccccc1N(CC(=O)N(Cc1ccc(Cl)cc1Cl)C(Cc1ccccc1)C(=O)NC1CCCC1)S(=O)(=O)c1ccc(C)cc1. The largest absolute Gasteiger partial charge is 0.492 e. The molecule has 0 radical (unpaired) electrons. The summed E-state index contributed by atoms with van der Waals surface area (Å²) < 4.78 is 35.7. The second kappa shape index (κ2) is 16.6. The van der Waals surface area contributed by atoms with Gasteiger partial charge >= 0.3 is 0 Å². The second-order valence-electron chi connectivity index (χ2n) is 12.2. The quantitative estimate of drug-likeness (QED) is 0.145. The van der Waals surface area contributed by atoms with Gasteiger partial charge in [0.15, 0.2) is 0 Å². The first kappa shape index (κ1) is 36.2. The fourth-order valence-electron chi connectivity index (χ4n) is 6.05. The highest BCUT2D eigenvalue weighted by molar-refractivity contribution is 7.92. The topological polar surface area (TPSA) is 96.0 Å². The van der Waals surface area contributed by atoms with Gasteiger partial charge in [0.1, 0.15) is 18.3 Å². The van der Waals surface area contributed by atoms with E-state index in [1.165, 1.54) is 17.0 Å². The highest BCUT2D eigenvalue weighted by Gasteiger charge is 2.36. The van der Waals surface area contributed by atoms with Crippen molar-refractivity contribution in [1.82, 2.24) is 10.2 Å². The predicted molar refractivity (Wildman–Crippen MR) is 195 cm³/mol. The maximum absolute atomic E-state index is 14.8. The Balaban J connectivity index is 1.61. The Hall–Kier alpha value is -4.05. The minimum Gasteiger partial charge on any atom is -0.492 e. The molecular weight excluding hydrogens is 681 g/mol. The van der Waals surface area contributed by atoms with Crippen LogP contribution >= 0.6 is 23.2 Å². The van der Waals surface area contributed by atoms with E-state index in [1.807, 2.05) is 37.3 Å². The summed E-state index contributed by atoms with van der Waals surface area (Å²) in [6.07, 6.45) is 3.95. The molecule has 5 rings (SSSR count). The molecule has 1 aliphatic rings. The smallest absolute Gasteiger partial charge is 0.264 e. The van der Waals surface area contributed by atoms with E-state index >= 15 is 0 Å². The Morgan fingerprint density at radius 3 is 2.27 bits per heavy atom. The number of halogens is 2. The van der Waals surface area contributed by atoms with Gasteiger partial charge in [-0.3, -0.25) is 13.9 Å². The van der Waals surface area contributed by atoms with Gasteiger partial charge in [-0.25, -0.2) is 8.42 Å². The third kappa shape index (κ3) is 9.15. The minimum absolute atomic E-state index is 0.00155. The number of carbonyl (C=O) groups is 2. The zero-order valence-electron chi connectivity index (χ0n) is 27.6. The highest BCUT2D eigenvalue weighted by atomic mass is 35.5. The van der Waals surface area contributed by atoms with Gasteiger partial charge < -0.3 is 15.0 Å². The molecule has 4 aromatic carbocycles. The summed E-state index contributed by atoms with van der Waals surface area (Å²) in [6.45, 7) is 3.29. The standard InChI is InChI=1S/C38H41Cl2N3O5S/c1-3-48-36-16-10-9-15-34(36)43(49(46,47)32-21-17-27(2)18-22-32)26-37(44)42(25-29-19-20-30(39)24-33(29)40)35(23-28-11-5-4-6-12-28)38(45)41-31-13-7-8-14-31/h4-6,9-12,15-22,24,31,35H,3,7-8,13-14,23,25-26H2,1-2H3,(H,41,45). The molecule has 11 heteroatoms. The fourth-order valence-corrected chi connectivity index (χ4v) is 7.94. The first-order chi connectivity index (χ1) is 23.6. The summed E-state index contributed by atoms with van der Waals surface area (Å²) in [7, 11) is -4.29. The fraction of sp³-hybridized carbons (Fsp3) is 0.316. The van der Waals surface area contributed by atoms with Crippen LogP contribution in [0.1, 0.15) is 49.3 Å². The van der Waals surface area contributed by atoms with Crippen molar-refractivity contribution < 1.29 is 22.7 Å². The molecule has 1 N–H and O–H groups in total. The minimum atomic E-state index is -4.29. The molecule has 1 atom stereocenters. The van der Waals surface area contributed by atoms with Gasteiger partial charge in [-0.1, -0.05) is 102 Å². The lowest BCUT2D eigenvalue weighted by Gasteiger charge is -2.34. The molecule has 1 aliphatic carbocycles. The molecule has 0 bridgehead atoms. The van der Waals surface area contributed by atoms with E-state index in [9.17, 15) is 18.0 Å². The second-order valence-corrected chi connectivity index (χ2v) is 14.9. The first-order valence-electron chi connectivity index (χ1n) is 16.5. The van der Waals surface area contributed by atoms with Crippen LogP contribution in [0.15, 0.2) is 102 Å². The summed E-state index contributed by atoms with van der Waals surface area (Å²) in [5.74, 6) is -0.590. The molecule has 0 heterocycles. The number of ether oxygens (including phenoxy) is 1. The Kier molecular flexibility index (Phi) is 12.3. The number of hydrogen-bond donors (Lipinski definition) is 1. The normalized spacial score (nSPS) is 13.9. The van der Waals surface area contributed by atoms with Gasteiger partial charge in [-0.05, 0) is 74.2 Å². The van der Waals surface area contributed by atoms with Crippen molar-refractivity contribution in [3.63, 3.8) is 0 Å². The number of hydrogen-bond acceptors (Lipinski definition) is 5.